The molecule has 1 aromatic rings. The Morgan fingerprint density at radius 1 is 1.00 bits per heavy atom. The molecule has 1 rings (SSSR count). The lowest BCUT2D eigenvalue weighted by Gasteiger charge is -2.36. The lowest BCUT2D eigenvalue weighted by Crippen LogP contribution is -2.51. The van der Waals surface area contributed by atoms with Crippen LogP contribution >= 0.6 is 0 Å². The van der Waals surface area contributed by atoms with E-state index in [9.17, 15) is 9.59 Å². The Bertz CT molecular complexity index is 443. The number of hydrogen-bond acceptors (Lipinski definition) is 7. The van der Waals surface area contributed by atoms with Crippen molar-refractivity contribution in [1.82, 2.24) is 0 Å². The van der Waals surface area contributed by atoms with Gasteiger partial charge in [-0.2, -0.15) is 0 Å². The van der Waals surface area contributed by atoms with Crippen LogP contribution in [0.15, 0.2) is 30.3 Å². The molecule has 110 valence electrons. The lowest BCUT2D eigenvalue weighted by molar-refractivity contribution is -0.172. The molecule has 20 heavy (non-hydrogen) atoms. The van der Waals surface area contributed by atoms with Gasteiger partial charge in [0, 0.05) is 19.7 Å². The minimum atomic E-state index is -1.71. The van der Waals surface area contributed by atoms with Crippen molar-refractivity contribution in [3.8, 4) is 0 Å². The van der Waals surface area contributed by atoms with Gasteiger partial charge in [-0.15, -0.1) is 0 Å². The molecule has 0 saturated heterocycles. The van der Waals surface area contributed by atoms with Crippen LogP contribution in [0.3, 0.4) is 0 Å². The van der Waals surface area contributed by atoms with Crippen molar-refractivity contribution in [2.75, 3.05) is 26.2 Å². The van der Waals surface area contributed by atoms with Crippen LogP contribution in [0.5, 0.6) is 0 Å². The van der Waals surface area contributed by atoms with Gasteiger partial charge < -0.3 is 23.8 Å². The minimum Gasteiger partial charge on any atom is -0.437 e. The Labute approximate surface area is 117 Å². The van der Waals surface area contributed by atoms with E-state index >= 15 is 0 Å². The fourth-order valence-corrected chi connectivity index (χ4v) is 1.44. The summed E-state index contributed by atoms with van der Waals surface area (Å²) in [6, 6.07) is 8.95. The lowest BCUT2D eigenvalue weighted by atomic mass is 10.3. The zero-order chi connectivity index (χ0) is 15.2. The first kappa shape index (κ1) is 15.6. The Morgan fingerprint density at radius 3 is 1.85 bits per heavy atom. The number of ether oxygens (including phenoxy) is 4. The second-order valence-electron chi connectivity index (χ2n) is 3.90. The molecule has 0 radical (unpaired) electrons. The molecule has 0 spiro atoms. The minimum absolute atomic E-state index is 0.669. The molecule has 0 unspecified atom stereocenters. The Balaban J connectivity index is 3.02. The number of methoxy groups -OCH3 is 2. The number of anilines is 1. The van der Waals surface area contributed by atoms with Gasteiger partial charge in [0.15, 0.2) is 0 Å². The van der Waals surface area contributed by atoms with Gasteiger partial charge in [0.05, 0.1) is 14.2 Å². The maximum absolute atomic E-state index is 11.3. The quantitative estimate of drug-likeness (QED) is 0.620. The molecule has 0 N–H and O–H groups in total. The first-order valence-electron chi connectivity index (χ1n) is 5.75. The normalized spacial score (nSPS) is 10.4. The van der Waals surface area contributed by atoms with Gasteiger partial charge in [0.25, 0.3) is 0 Å². The van der Waals surface area contributed by atoms with Gasteiger partial charge in [-0.05, 0) is 12.1 Å². The summed E-state index contributed by atoms with van der Waals surface area (Å²) in [7, 11) is 3.91. The van der Waals surface area contributed by atoms with Crippen molar-refractivity contribution in [2.24, 2.45) is 0 Å². The molecule has 0 aliphatic heterocycles. The molecule has 0 heterocycles. The van der Waals surface area contributed by atoms with Gasteiger partial charge in [-0.3, -0.25) is 0 Å². The van der Waals surface area contributed by atoms with Crippen LogP contribution in [0.4, 0.5) is 15.3 Å². The summed E-state index contributed by atoms with van der Waals surface area (Å²) in [5.74, 6) is -1.71. The number of benzene rings is 1. The van der Waals surface area contributed by atoms with E-state index in [0.717, 1.165) is 14.2 Å². The van der Waals surface area contributed by atoms with Crippen LogP contribution in [-0.2, 0) is 18.9 Å². The van der Waals surface area contributed by atoms with Crippen molar-refractivity contribution in [3.05, 3.63) is 30.3 Å². The van der Waals surface area contributed by atoms with Crippen molar-refractivity contribution in [1.29, 1.82) is 0 Å². The zero-order valence-corrected chi connectivity index (χ0v) is 11.8. The van der Waals surface area contributed by atoms with E-state index < -0.39 is 18.2 Å². The standard InChI is InChI=1S/C13H17NO6/c1-13(19-11(15)17-3,20-12(16)18-4)14(2)10-8-6-5-7-9-10/h5-9H,1-4H3. The highest BCUT2D eigenvalue weighted by Gasteiger charge is 2.39. The van der Waals surface area contributed by atoms with Crippen LogP contribution in [0.2, 0.25) is 0 Å². The van der Waals surface area contributed by atoms with Gasteiger partial charge in [-0.25, -0.2) is 9.59 Å². The van der Waals surface area contributed by atoms with E-state index in [1.807, 2.05) is 6.07 Å². The number of hydrogen-bond donors (Lipinski definition) is 0. The highest BCUT2D eigenvalue weighted by Crippen LogP contribution is 2.25. The number of nitrogens with zero attached hydrogens (tertiary/aromatic N) is 1. The number of para-hydroxylation sites is 1. The molecule has 1 aromatic carbocycles. The molecule has 0 aromatic heterocycles. The smallest absolute Gasteiger partial charge is 0.437 e. The summed E-state index contributed by atoms with van der Waals surface area (Å²) < 4.78 is 18.9. The largest absolute Gasteiger partial charge is 0.512 e. The summed E-state index contributed by atoms with van der Waals surface area (Å²) in [6.45, 7) is 1.40. The van der Waals surface area contributed by atoms with Crippen molar-refractivity contribution in [3.63, 3.8) is 0 Å². The molecule has 0 saturated carbocycles. The fraction of sp³-hybridized carbons (Fsp3) is 0.385. The molecule has 0 aliphatic carbocycles. The molecular formula is C13H17NO6. The highest BCUT2D eigenvalue weighted by molar-refractivity contribution is 5.64. The summed E-state index contributed by atoms with van der Waals surface area (Å²) in [5.41, 5.74) is 0.669. The third-order valence-corrected chi connectivity index (χ3v) is 2.63. The van der Waals surface area contributed by atoms with Crippen LogP contribution in [0.25, 0.3) is 0 Å². The van der Waals surface area contributed by atoms with Crippen LogP contribution < -0.4 is 4.90 Å². The highest BCUT2D eigenvalue weighted by atomic mass is 16.9. The Morgan fingerprint density at radius 2 is 1.45 bits per heavy atom. The third-order valence-electron chi connectivity index (χ3n) is 2.63. The second kappa shape index (κ2) is 6.65. The van der Waals surface area contributed by atoms with Crippen molar-refractivity contribution in [2.45, 2.75) is 12.8 Å². The first-order chi connectivity index (χ1) is 9.42. The van der Waals surface area contributed by atoms with Crippen molar-refractivity contribution < 1.29 is 28.5 Å². The molecule has 0 amide bonds. The third kappa shape index (κ3) is 3.78. The summed E-state index contributed by atoms with van der Waals surface area (Å²) in [4.78, 5) is 24.1. The van der Waals surface area contributed by atoms with Gasteiger partial charge in [-0.1, -0.05) is 18.2 Å². The topological polar surface area (TPSA) is 74.3 Å². The fourth-order valence-electron chi connectivity index (χ4n) is 1.44. The predicted octanol–water partition coefficient (Wildman–Crippen LogP) is 2.36. The van der Waals surface area contributed by atoms with Crippen LogP contribution in [0.1, 0.15) is 6.92 Å². The number of carbonyl (C=O) groups is 2. The Hall–Kier alpha value is -2.44. The summed E-state index contributed by atoms with van der Waals surface area (Å²) in [5, 5.41) is 0. The average Bonchev–Trinajstić information content (AvgIpc) is 2.46. The van der Waals surface area contributed by atoms with Crippen LogP contribution in [-0.4, -0.2) is 39.5 Å². The summed E-state index contributed by atoms with van der Waals surface area (Å²) in [6.07, 6.45) is -1.97. The van der Waals surface area contributed by atoms with Gasteiger partial charge >= 0.3 is 18.2 Å². The van der Waals surface area contributed by atoms with E-state index in [1.54, 1.807) is 31.3 Å². The first-order valence-corrected chi connectivity index (χ1v) is 5.75. The molecule has 0 aliphatic rings. The van der Waals surface area contributed by atoms with E-state index in [4.69, 9.17) is 9.47 Å². The van der Waals surface area contributed by atoms with Gasteiger partial charge in [0.1, 0.15) is 0 Å². The monoisotopic (exact) mass is 283 g/mol. The van der Waals surface area contributed by atoms with Crippen molar-refractivity contribution >= 4 is 18.0 Å². The van der Waals surface area contributed by atoms with E-state index in [1.165, 1.54) is 11.8 Å². The SMILES string of the molecule is COC(=O)OC(C)(OC(=O)OC)N(C)c1ccccc1. The Kier molecular flexibility index (Phi) is 5.19. The average molecular weight is 283 g/mol. The molecule has 0 atom stereocenters. The zero-order valence-electron chi connectivity index (χ0n) is 11.8. The molecule has 0 fully saturated rings. The number of carbonyl (C=O) groups excluding carboxylic acids is 2. The van der Waals surface area contributed by atoms with Crippen LogP contribution in [0, 0.1) is 0 Å². The van der Waals surface area contributed by atoms with Gasteiger partial charge in [0.2, 0.25) is 0 Å². The van der Waals surface area contributed by atoms with E-state index in [-0.39, 0.29) is 0 Å². The maximum atomic E-state index is 11.3. The van der Waals surface area contributed by atoms with E-state index in [2.05, 4.69) is 9.47 Å². The second-order valence-corrected chi connectivity index (χ2v) is 3.90. The number of rotatable bonds is 4. The predicted molar refractivity (Wildman–Crippen MR) is 70.2 cm³/mol. The molecule has 7 nitrogen and oxygen atoms in total. The molecular weight excluding hydrogens is 266 g/mol. The molecule has 7 heteroatoms. The van der Waals surface area contributed by atoms with E-state index in [0.29, 0.717) is 5.69 Å². The maximum Gasteiger partial charge on any atom is 0.512 e. The summed E-state index contributed by atoms with van der Waals surface area (Å²) >= 11 is 0. The molecule has 0 bridgehead atoms.